The molecule has 5 aromatic rings. The van der Waals surface area contributed by atoms with Crippen LogP contribution in [0.25, 0.3) is 33.4 Å². The van der Waals surface area contributed by atoms with Crippen LogP contribution in [-0.2, 0) is 10.8 Å². The van der Waals surface area contributed by atoms with E-state index in [1.807, 2.05) is 0 Å². The van der Waals surface area contributed by atoms with Crippen LogP contribution in [0.15, 0.2) is 109 Å². The second-order valence-electron chi connectivity index (χ2n) is 12.5. The summed E-state index contributed by atoms with van der Waals surface area (Å²) in [5.41, 5.74) is 16.6. The maximum Gasteiger partial charge on any atom is 0.0467 e. The standard InChI is InChI=1S/C39H35N/c1-38(2)32-13-6-4-11-29(32)30-22-19-27(25-35(30)38)26-17-20-28(21-18-26)40-36-16-10-15-34-37(36)31-12-5-7-14-33(31)39(34)23-8-3-9-24-39/h4-7,10-22,25,40H,3,8-9,23-24H2,1-2H3. The highest BCUT2D eigenvalue weighted by atomic mass is 14.9. The largest absolute Gasteiger partial charge is 0.355 e. The maximum atomic E-state index is 3.81. The smallest absolute Gasteiger partial charge is 0.0467 e. The molecule has 1 fully saturated rings. The Labute approximate surface area is 237 Å². The van der Waals surface area contributed by atoms with Gasteiger partial charge < -0.3 is 5.32 Å². The molecule has 196 valence electrons. The molecule has 0 aromatic heterocycles. The summed E-state index contributed by atoms with van der Waals surface area (Å²) in [7, 11) is 0. The van der Waals surface area contributed by atoms with Crippen LogP contribution in [0.5, 0.6) is 0 Å². The number of fused-ring (bicyclic) bond motifs is 8. The molecule has 8 rings (SSSR count). The first-order valence-corrected chi connectivity index (χ1v) is 14.9. The number of nitrogens with one attached hydrogen (secondary N) is 1. The van der Waals surface area contributed by atoms with E-state index in [0.29, 0.717) is 0 Å². The molecule has 0 aliphatic heterocycles. The van der Waals surface area contributed by atoms with Crippen LogP contribution in [0.2, 0.25) is 0 Å². The summed E-state index contributed by atoms with van der Waals surface area (Å²) >= 11 is 0. The molecule has 0 unspecified atom stereocenters. The van der Waals surface area contributed by atoms with E-state index < -0.39 is 0 Å². The summed E-state index contributed by atoms with van der Waals surface area (Å²) in [6.07, 6.45) is 6.52. The first kappa shape index (κ1) is 23.8. The summed E-state index contributed by atoms with van der Waals surface area (Å²) in [4.78, 5) is 0. The zero-order valence-corrected chi connectivity index (χ0v) is 23.4. The van der Waals surface area contributed by atoms with Crippen LogP contribution in [0.3, 0.4) is 0 Å². The number of benzene rings is 5. The van der Waals surface area contributed by atoms with E-state index >= 15 is 0 Å². The van der Waals surface area contributed by atoms with E-state index in [1.165, 1.54) is 93.4 Å². The highest BCUT2D eigenvalue weighted by molar-refractivity contribution is 5.91. The lowest BCUT2D eigenvalue weighted by Crippen LogP contribution is -2.27. The van der Waals surface area contributed by atoms with E-state index in [1.54, 1.807) is 0 Å². The zero-order valence-electron chi connectivity index (χ0n) is 23.4. The third kappa shape index (κ3) is 3.33. The Kier molecular flexibility index (Phi) is 5.17. The number of hydrogen-bond donors (Lipinski definition) is 1. The van der Waals surface area contributed by atoms with Gasteiger partial charge >= 0.3 is 0 Å². The average molecular weight is 518 g/mol. The Morgan fingerprint density at radius 3 is 1.98 bits per heavy atom. The highest BCUT2D eigenvalue weighted by Gasteiger charge is 2.44. The van der Waals surface area contributed by atoms with Gasteiger partial charge in [0, 0.05) is 27.8 Å². The molecule has 0 heterocycles. The summed E-state index contributed by atoms with van der Waals surface area (Å²) in [6, 6.07) is 40.9. The molecule has 40 heavy (non-hydrogen) atoms. The second kappa shape index (κ2) is 8.70. The molecule has 3 aliphatic rings. The molecule has 0 bridgehead atoms. The van der Waals surface area contributed by atoms with Crippen molar-refractivity contribution in [3.05, 3.63) is 131 Å². The summed E-state index contributed by atoms with van der Waals surface area (Å²) in [5, 5.41) is 3.81. The molecule has 5 aromatic carbocycles. The number of anilines is 2. The quantitative estimate of drug-likeness (QED) is 0.251. The third-order valence-corrected chi connectivity index (χ3v) is 10.1. The fourth-order valence-electron chi connectivity index (χ4n) is 8.09. The van der Waals surface area contributed by atoms with Crippen molar-refractivity contribution < 1.29 is 0 Å². The molecular formula is C39H35N. The Balaban J connectivity index is 1.13. The van der Waals surface area contributed by atoms with Gasteiger partial charge in [-0.25, -0.2) is 0 Å². The topological polar surface area (TPSA) is 12.0 Å². The Morgan fingerprint density at radius 2 is 1.18 bits per heavy atom. The Morgan fingerprint density at radius 1 is 0.525 bits per heavy atom. The predicted octanol–water partition coefficient (Wildman–Crippen LogP) is 10.6. The van der Waals surface area contributed by atoms with Crippen LogP contribution in [-0.4, -0.2) is 0 Å². The van der Waals surface area contributed by atoms with Gasteiger partial charge in [-0.1, -0.05) is 118 Å². The lowest BCUT2D eigenvalue weighted by atomic mass is 9.68. The first-order chi connectivity index (χ1) is 19.6. The summed E-state index contributed by atoms with van der Waals surface area (Å²) < 4.78 is 0. The van der Waals surface area contributed by atoms with Crippen molar-refractivity contribution in [3.63, 3.8) is 0 Å². The van der Waals surface area contributed by atoms with Gasteiger partial charge in [-0.15, -0.1) is 0 Å². The minimum Gasteiger partial charge on any atom is -0.355 e. The van der Waals surface area contributed by atoms with Crippen molar-refractivity contribution in [2.24, 2.45) is 0 Å². The van der Waals surface area contributed by atoms with E-state index in [0.717, 1.165) is 5.69 Å². The molecule has 1 N–H and O–H groups in total. The molecule has 0 atom stereocenters. The molecule has 1 saturated carbocycles. The van der Waals surface area contributed by atoms with Crippen molar-refractivity contribution in [1.29, 1.82) is 0 Å². The van der Waals surface area contributed by atoms with Crippen molar-refractivity contribution in [1.82, 2.24) is 0 Å². The normalized spacial score (nSPS) is 17.1. The summed E-state index contributed by atoms with van der Waals surface area (Å²) in [6.45, 7) is 4.70. The summed E-state index contributed by atoms with van der Waals surface area (Å²) in [5.74, 6) is 0. The van der Waals surface area contributed by atoms with Gasteiger partial charge in [0.15, 0.2) is 0 Å². The van der Waals surface area contributed by atoms with Crippen LogP contribution in [0.1, 0.15) is 68.2 Å². The van der Waals surface area contributed by atoms with Crippen molar-refractivity contribution >= 4 is 11.4 Å². The molecule has 1 heteroatoms. The van der Waals surface area contributed by atoms with E-state index in [2.05, 4.69) is 128 Å². The molecule has 0 amide bonds. The van der Waals surface area contributed by atoms with Gasteiger partial charge in [0.05, 0.1) is 0 Å². The minimum absolute atomic E-state index is 0.0170. The van der Waals surface area contributed by atoms with Gasteiger partial charge in [0.1, 0.15) is 0 Å². The molecule has 0 saturated heterocycles. The van der Waals surface area contributed by atoms with Crippen LogP contribution in [0.4, 0.5) is 11.4 Å². The van der Waals surface area contributed by atoms with Crippen molar-refractivity contribution in [2.75, 3.05) is 5.32 Å². The van der Waals surface area contributed by atoms with Crippen LogP contribution < -0.4 is 5.32 Å². The minimum atomic E-state index is 0.0170. The van der Waals surface area contributed by atoms with E-state index in [9.17, 15) is 0 Å². The average Bonchev–Trinajstić information content (AvgIpc) is 3.40. The molecule has 0 radical (unpaired) electrons. The van der Waals surface area contributed by atoms with Crippen molar-refractivity contribution in [2.45, 2.75) is 56.8 Å². The lowest BCUT2D eigenvalue weighted by molar-refractivity contribution is 0.353. The van der Waals surface area contributed by atoms with Gasteiger partial charge in [0.2, 0.25) is 0 Å². The zero-order chi connectivity index (χ0) is 26.9. The molecule has 1 spiro atoms. The second-order valence-corrected chi connectivity index (χ2v) is 12.5. The maximum absolute atomic E-state index is 3.81. The third-order valence-electron chi connectivity index (χ3n) is 10.1. The monoisotopic (exact) mass is 517 g/mol. The van der Waals surface area contributed by atoms with Gasteiger partial charge in [-0.3, -0.25) is 0 Å². The lowest BCUT2D eigenvalue weighted by Gasteiger charge is -2.36. The predicted molar refractivity (Wildman–Crippen MR) is 168 cm³/mol. The van der Waals surface area contributed by atoms with Crippen molar-refractivity contribution in [3.8, 4) is 33.4 Å². The SMILES string of the molecule is CC1(C)c2ccccc2-c2ccc(-c3ccc(Nc4cccc5c4-c4ccccc4C54CCCCC4)cc3)cc21. The van der Waals surface area contributed by atoms with Crippen LogP contribution in [0, 0.1) is 0 Å². The Bertz CT molecular complexity index is 1770. The van der Waals surface area contributed by atoms with Crippen LogP contribution >= 0.6 is 0 Å². The fourth-order valence-corrected chi connectivity index (χ4v) is 8.09. The fraction of sp³-hybridized carbons (Fsp3) is 0.231. The highest BCUT2D eigenvalue weighted by Crippen LogP contribution is 2.57. The number of hydrogen-bond acceptors (Lipinski definition) is 1. The molecule has 3 aliphatic carbocycles. The van der Waals surface area contributed by atoms with E-state index in [-0.39, 0.29) is 10.8 Å². The van der Waals surface area contributed by atoms with Gasteiger partial charge in [0.25, 0.3) is 0 Å². The first-order valence-electron chi connectivity index (χ1n) is 14.9. The number of rotatable bonds is 3. The van der Waals surface area contributed by atoms with Gasteiger partial charge in [-0.05, 0) is 87.2 Å². The van der Waals surface area contributed by atoms with E-state index in [4.69, 9.17) is 0 Å². The van der Waals surface area contributed by atoms with Gasteiger partial charge in [-0.2, -0.15) is 0 Å². The Hall–Kier alpha value is -4.10. The molecular weight excluding hydrogens is 482 g/mol. The molecule has 1 nitrogen and oxygen atoms in total.